The van der Waals surface area contributed by atoms with Gasteiger partial charge >= 0.3 is 0 Å². The molecule has 6 nitrogen and oxygen atoms in total. The number of rotatable bonds is 9. The number of methoxy groups -OCH3 is 1. The molecule has 0 aliphatic carbocycles. The number of nitrogens with one attached hydrogen (secondary N) is 2. The van der Waals surface area contributed by atoms with Crippen LogP contribution >= 0.6 is 0 Å². The molecule has 0 radical (unpaired) electrons. The summed E-state index contributed by atoms with van der Waals surface area (Å²) in [5.41, 5.74) is 3.01. The number of anilines is 2. The van der Waals surface area contributed by atoms with Crippen molar-refractivity contribution in [2.75, 3.05) is 30.9 Å². The number of carbonyl (C=O) groups is 1. The third-order valence-electron chi connectivity index (χ3n) is 4.28. The first kappa shape index (κ1) is 20.2. The molecule has 1 heterocycles. The van der Waals surface area contributed by atoms with Crippen molar-refractivity contribution >= 4 is 17.4 Å². The molecule has 6 heteroatoms. The zero-order valence-electron chi connectivity index (χ0n) is 16.6. The highest BCUT2D eigenvalue weighted by Crippen LogP contribution is 2.17. The Morgan fingerprint density at radius 1 is 0.966 bits per heavy atom. The van der Waals surface area contributed by atoms with Crippen LogP contribution in [0.25, 0.3) is 0 Å². The summed E-state index contributed by atoms with van der Waals surface area (Å²) in [6, 6.07) is 19.0. The maximum Gasteiger partial charge on any atom is 0.229 e. The Hall–Kier alpha value is -3.54. The molecule has 29 heavy (non-hydrogen) atoms. The molecular weight excluding hydrogens is 366 g/mol. The third kappa shape index (κ3) is 6.53. The second kappa shape index (κ2) is 10.1. The molecule has 3 rings (SSSR count). The Morgan fingerprint density at radius 3 is 2.34 bits per heavy atom. The van der Waals surface area contributed by atoms with Gasteiger partial charge in [0.15, 0.2) is 0 Å². The van der Waals surface area contributed by atoms with Gasteiger partial charge in [0.25, 0.3) is 0 Å². The smallest absolute Gasteiger partial charge is 0.229 e. The Balaban J connectivity index is 1.40. The first-order chi connectivity index (χ1) is 14.1. The van der Waals surface area contributed by atoms with E-state index in [0.29, 0.717) is 25.4 Å². The lowest BCUT2D eigenvalue weighted by molar-refractivity contribution is -0.115. The fraction of sp³-hybridized carbons (Fsp3) is 0.217. The number of aryl methyl sites for hydroxylation is 1. The fourth-order valence-electron chi connectivity index (χ4n) is 2.69. The molecule has 0 atom stereocenters. The van der Waals surface area contributed by atoms with Gasteiger partial charge in [-0.1, -0.05) is 29.8 Å². The van der Waals surface area contributed by atoms with Crippen molar-refractivity contribution in [3.05, 3.63) is 78.0 Å². The van der Waals surface area contributed by atoms with Crippen molar-refractivity contribution < 1.29 is 14.3 Å². The van der Waals surface area contributed by atoms with Gasteiger partial charge in [-0.25, -0.2) is 4.98 Å². The molecule has 0 aliphatic rings. The summed E-state index contributed by atoms with van der Waals surface area (Å²) in [7, 11) is 1.63. The number of amides is 1. The summed E-state index contributed by atoms with van der Waals surface area (Å²) in [5, 5.41) is 6.06. The Bertz CT molecular complexity index is 908. The normalized spacial score (nSPS) is 10.3. The van der Waals surface area contributed by atoms with Gasteiger partial charge in [0.05, 0.1) is 25.4 Å². The highest BCUT2D eigenvalue weighted by Gasteiger charge is 2.05. The van der Waals surface area contributed by atoms with E-state index in [2.05, 4.69) is 15.6 Å². The van der Waals surface area contributed by atoms with Crippen LogP contribution in [0.3, 0.4) is 0 Å². The number of ether oxygens (including phenoxy) is 2. The first-order valence-electron chi connectivity index (χ1n) is 9.44. The average Bonchev–Trinajstić information content (AvgIpc) is 2.74. The van der Waals surface area contributed by atoms with Gasteiger partial charge in [-0.3, -0.25) is 4.79 Å². The lowest BCUT2D eigenvalue weighted by Crippen LogP contribution is -2.15. The molecule has 1 amide bonds. The second-order valence-electron chi connectivity index (χ2n) is 6.59. The fourth-order valence-corrected chi connectivity index (χ4v) is 2.69. The van der Waals surface area contributed by atoms with Crippen molar-refractivity contribution in [2.45, 2.75) is 13.3 Å². The highest BCUT2D eigenvalue weighted by molar-refractivity contribution is 5.91. The van der Waals surface area contributed by atoms with E-state index in [1.807, 2.05) is 61.5 Å². The molecule has 0 unspecified atom stereocenters. The van der Waals surface area contributed by atoms with Crippen LogP contribution in [0.1, 0.15) is 11.1 Å². The van der Waals surface area contributed by atoms with Gasteiger partial charge in [0, 0.05) is 6.54 Å². The predicted octanol–water partition coefficient (Wildman–Crippen LogP) is 4.07. The molecule has 0 saturated carbocycles. The number of aromatic nitrogens is 1. The van der Waals surface area contributed by atoms with Gasteiger partial charge in [-0.2, -0.15) is 0 Å². The molecule has 0 saturated heterocycles. The van der Waals surface area contributed by atoms with E-state index >= 15 is 0 Å². The average molecular weight is 391 g/mol. The van der Waals surface area contributed by atoms with Crippen LogP contribution in [0, 0.1) is 6.92 Å². The monoisotopic (exact) mass is 391 g/mol. The highest BCUT2D eigenvalue weighted by atomic mass is 16.5. The maximum atomic E-state index is 12.1. The summed E-state index contributed by atoms with van der Waals surface area (Å²) >= 11 is 0. The Kier molecular flexibility index (Phi) is 7.05. The summed E-state index contributed by atoms with van der Waals surface area (Å²) in [5.74, 6) is 2.03. The van der Waals surface area contributed by atoms with Crippen molar-refractivity contribution in [2.24, 2.45) is 0 Å². The minimum Gasteiger partial charge on any atom is -0.497 e. The third-order valence-corrected chi connectivity index (χ3v) is 4.28. The topological polar surface area (TPSA) is 72.5 Å². The van der Waals surface area contributed by atoms with Crippen molar-refractivity contribution in [3.8, 4) is 11.5 Å². The van der Waals surface area contributed by atoms with E-state index < -0.39 is 0 Å². The SMILES string of the molecule is COc1ccc(OCCNc2ccc(NC(=O)Cc3ccc(C)cc3)nc2)cc1. The predicted molar refractivity (Wildman–Crippen MR) is 115 cm³/mol. The van der Waals surface area contributed by atoms with E-state index in [9.17, 15) is 4.79 Å². The van der Waals surface area contributed by atoms with Gasteiger partial charge in [0.1, 0.15) is 23.9 Å². The minimum atomic E-state index is -0.0880. The van der Waals surface area contributed by atoms with E-state index in [1.165, 1.54) is 5.56 Å². The number of nitrogens with zero attached hydrogens (tertiary/aromatic N) is 1. The molecule has 0 fully saturated rings. The number of carbonyl (C=O) groups excluding carboxylic acids is 1. The van der Waals surface area contributed by atoms with Crippen LogP contribution in [-0.2, 0) is 11.2 Å². The van der Waals surface area contributed by atoms with Crippen molar-refractivity contribution in [1.29, 1.82) is 0 Å². The van der Waals surface area contributed by atoms with Crippen molar-refractivity contribution in [3.63, 3.8) is 0 Å². The molecule has 1 aromatic heterocycles. The number of benzene rings is 2. The second-order valence-corrected chi connectivity index (χ2v) is 6.59. The number of hydrogen-bond donors (Lipinski definition) is 2. The van der Waals surface area contributed by atoms with Crippen LogP contribution in [0.2, 0.25) is 0 Å². The summed E-state index contributed by atoms with van der Waals surface area (Å²) < 4.78 is 10.8. The van der Waals surface area contributed by atoms with Crippen LogP contribution < -0.4 is 20.1 Å². The standard InChI is InChI=1S/C23H25N3O3/c1-17-3-5-18(6-4-17)15-23(27)26-22-12-7-19(16-25-22)24-13-14-29-21-10-8-20(28-2)9-11-21/h3-12,16,24H,13-15H2,1-2H3,(H,25,26,27). The summed E-state index contributed by atoms with van der Waals surface area (Å²) in [6.45, 7) is 3.17. The van der Waals surface area contributed by atoms with E-state index in [4.69, 9.17) is 9.47 Å². The summed E-state index contributed by atoms with van der Waals surface area (Å²) in [4.78, 5) is 16.4. The van der Waals surface area contributed by atoms with E-state index in [1.54, 1.807) is 19.4 Å². The minimum absolute atomic E-state index is 0.0880. The molecule has 150 valence electrons. The molecular formula is C23H25N3O3. The summed E-state index contributed by atoms with van der Waals surface area (Å²) in [6.07, 6.45) is 2.01. The molecule has 2 aromatic carbocycles. The molecule has 0 bridgehead atoms. The van der Waals surface area contributed by atoms with Crippen LogP contribution in [0.5, 0.6) is 11.5 Å². The lowest BCUT2D eigenvalue weighted by Gasteiger charge is -2.10. The number of hydrogen-bond acceptors (Lipinski definition) is 5. The molecule has 2 N–H and O–H groups in total. The molecule has 0 spiro atoms. The molecule has 3 aromatic rings. The van der Waals surface area contributed by atoms with E-state index in [-0.39, 0.29) is 5.91 Å². The largest absolute Gasteiger partial charge is 0.497 e. The van der Waals surface area contributed by atoms with Crippen LogP contribution in [0.15, 0.2) is 66.9 Å². The van der Waals surface area contributed by atoms with Crippen LogP contribution in [0.4, 0.5) is 11.5 Å². The molecule has 0 aliphatic heterocycles. The van der Waals surface area contributed by atoms with Gasteiger partial charge in [0.2, 0.25) is 5.91 Å². The lowest BCUT2D eigenvalue weighted by atomic mass is 10.1. The first-order valence-corrected chi connectivity index (χ1v) is 9.44. The Labute approximate surface area is 170 Å². The number of pyridine rings is 1. The van der Waals surface area contributed by atoms with Gasteiger partial charge < -0.3 is 20.1 Å². The van der Waals surface area contributed by atoms with Gasteiger partial charge in [-0.15, -0.1) is 0 Å². The zero-order chi connectivity index (χ0) is 20.5. The maximum absolute atomic E-state index is 12.1. The zero-order valence-corrected chi connectivity index (χ0v) is 16.6. The Morgan fingerprint density at radius 2 is 1.69 bits per heavy atom. The van der Waals surface area contributed by atoms with Gasteiger partial charge in [-0.05, 0) is 48.9 Å². The van der Waals surface area contributed by atoms with Crippen molar-refractivity contribution in [1.82, 2.24) is 4.98 Å². The van der Waals surface area contributed by atoms with Crippen LogP contribution in [-0.4, -0.2) is 31.2 Å². The van der Waals surface area contributed by atoms with E-state index in [0.717, 1.165) is 22.7 Å². The quantitative estimate of drug-likeness (QED) is 0.538.